The number of carboxylic acid groups (broad SMARTS) is 1. The molecule has 2 aliphatic rings. The lowest BCUT2D eigenvalue weighted by atomic mass is 10.0. The van der Waals surface area contributed by atoms with Crippen LogP contribution in [0.2, 0.25) is 0 Å². The van der Waals surface area contributed by atoms with Crippen molar-refractivity contribution in [3.8, 4) is 5.75 Å². The third-order valence-corrected chi connectivity index (χ3v) is 9.75. The maximum Gasteiger partial charge on any atom is 0.305 e. The number of aromatic hydroxyl groups is 1. The minimum absolute atomic E-state index is 0.0172. The molecule has 1 aromatic carbocycles. The van der Waals surface area contributed by atoms with Crippen LogP contribution in [0.25, 0.3) is 0 Å². The molecule has 19 nitrogen and oxygen atoms in total. The van der Waals surface area contributed by atoms with Gasteiger partial charge in [0, 0.05) is 19.0 Å². The quantitative estimate of drug-likeness (QED) is 0.145. The van der Waals surface area contributed by atoms with E-state index in [0.717, 1.165) is 4.90 Å². The van der Waals surface area contributed by atoms with Crippen molar-refractivity contribution >= 4 is 47.3 Å². The first kappa shape index (κ1) is 47.1. The summed E-state index contributed by atoms with van der Waals surface area (Å²) in [6.45, 7) is 11.2. The van der Waals surface area contributed by atoms with Crippen molar-refractivity contribution in [3.05, 3.63) is 29.8 Å². The van der Waals surface area contributed by atoms with E-state index >= 15 is 0 Å². The van der Waals surface area contributed by atoms with Crippen LogP contribution in [0.4, 0.5) is 0 Å². The van der Waals surface area contributed by atoms with Crippen LogP contribution in [0.15, 0.2) is 24.3 Å². The molecule has 2 saturated heterocycles. The number of phenols is 1. The zero-order valence-electron chi connectivity index (χ0n) is 34.5. The average Bonchev–Trinajstić information content (AvgIpc) is 3.57. The van der Waals surface area contributed by atoms with Gasteiger partial charge >= 0.3 is 5.97 Å². The second kappa shape index (κ2) is 20.4. The summed E-state index contributed by atoms with van der Waals surface area (Å²) in [5, 5.41) is 45.8. The van der Waals surface area contributed by atoms with Crippen LogP contribution < -0.4 is 31.9 Å². The fourth-order valence-electron chi connectivity index (χ4n) is 7.06. The summed E-state index contributed by atoms with van der Waals surface area (Å²) < 4.78 is 0. The van der Waals surface area contributed by atoms with Gasteiger partial charge in [0.25, 0.3) is 0 Å². The van der Waals surface area contributed by atoms with Crippen molar-refractivity contribution in [2.75, 3.05) is 20.1 Å². The van der Waals surface area contributed by atoms with Gasteiger partial charge in [0.1, 0.15) is 36.0 Å². The molecule has 0 unspecified atom stereocenters. The first-order valence-electron chi connectivity index (χ1n) is 19.5. The number of amides is 7. The van der Waals surface area contributed by atoms with Crippen molar-refractivity contribution < 1.29 is 53.7 Å². The van der Waals surface area contributed by atoms with E-state index in [9.17, 15) is 53.7 Å². The Labute approximate surface area is 338 Å². The number of likely N-dealkylation sites (N-methyl/N-ethyl adjacent to an activating group) is 1. The molecule has 8 atom stereocenters. The van der Waals surface area contributed by atoms with Crippen LogP contribution in [0.5, 0.6) is 5.75 Å². The molecule has 7 amide bonds. The Balaban J connectivity index is 2.15. The number of aliphatic hydroxyl groups is 1. The molecule has 0 radical (unpaired) electrons. The number of carbonyl (C=O) groups excluding carboxylic acids is 7. The molecule has 322 valence electrons. The Hall–Kier alpha value is -5.30. The van der Waals surface area contributed by atoms with Gasteiger partial charge in [-0.05, 0) is 84.0 Å². The number of benzene rings is 1. The fraction of sp³-hybridized carbons (Fsp3) is 0.641. The number of carboxylic acids is 1. The second-order valence-electron chi connectivity index (χ2n) is 16.6. The molecule has 0 spiro atoms. The number of hydrogen-bond acceptors (Lipinski definition) is 11. The van der Waals surface area contributed by atoms with E-state index in [1.807, 2.05) is 0 Å². The van der Waals surface area contributed by atoms with Crippen molar-refractivity contribution in [3.63, 3.8) is 0 Å². The Morgan fingerprint density at radius 1 is 0.862 bits per heavy atom. The molecule has 0 saturated carbocycles. The van der Waals surface area contributed by atoms with Gasteiger partial charge in [0.15, 0.2) is 0 Å². The van der Waals surface area contributed by atoms with Gasteiger partial charge in [0.05, 0.1) is 31.2 Å². The number of hydrogen-bond donors (Lipinski definition) is 9. The van der Waals surface area contributed by atoms with Gasteiger partial charge in [-0.1, -0.05) is 26.0 Å². The third kappa shape index (κ3) is 13.7. The largest absolute Gasteiger partial charge is 0.508 e. The third-order valence-electron chi connectivity index (χ3n) is 9.75. The SMILES string of the molecule is CC(C)C[C@@H]1NC(=O)CN(C)C(=O)[C@H](Cc2ccc(O)cc2)NC(=O)[C@@H]2CCCN2[C@H](C(=O)NC(C)(C)C)[C@H](C)NC(=O)[C@H]([C@@H](C)O)NC(=O)[C@H](CC(=O)O)NC1=O. The van der Waals surface area contributed by atoms with Crippen molar-refractivity contribution in [1.29, 1.82) is 0 Å². The molecule has 3 rings (SSSR count). The second-order valence-corrected chi connectivity index (χ2v) is 16.6. The number of fused-ring (bicyclic) bond motifs is 1. The number of nitrogens with zero attached hydrogens (tertiary/aromatic N) is 2. The summed E-state index contributed by atoms with van der Waals surface area (Å²) in [6.07, 6.45) is -1.71. The number of phenolic OH excluding ortho intramolecular Hbond substituents is 1. The highest BCUT2D eigenvalue weighted by atomic mass is 16.4. The molecule has 19 heteroatoms. The first-order chi connectivity index (χ1) is 27.0. The Kier molecular flexibility index (Phi) is 16.6. The van der Waals surface area contributed by atoms with Gasteiger partial charge in [-0.3, -0.25) is 43.3 Å². The molecule has 0 aromatic heterocycles. The van der Waals surface area contributed by atoms with Crippen molar-refractivity contribution in [2.24, 2.45) is 5.92 Å². The van der Waals surface area contributed by atoms with Gasteiger partial charge in [-0.15, -0.1) is 0 Å². The lowest BCUT2D eigenvalue weighted by Crippen LogP contribution is -2.65. The molecule has 0 aliphatic carbocycles. The minimum atomic E-state index is -1.75. The molecule has 0 bridgehead atoms. The topological polar surface area (TPSA) is 276 Å². The van der Waals surface area contributed by atoms with Gasteiger partial charge < -0.3 is 52.1 Å². The monoisotopic (exact) mass is 816 g/mol. The van der Waals surface area contributed by atoms with Crippen molar-refractivity contribution in [1.82, 2.24) is 41.7 Å². The first-order valence-corrected chi connectivity index (χ1v) is 19.5. The molecule has 2 heterocycles. The standard InChI is InChI=1S/C39H60N8O11/c1-20(2)16-25-33(53)42-26(18-30(51)52)34(54)44-31(22(4)48)36(56)40-21(3)32(37(57)45-39(5,6)7)47-15-9-10-28(47)35(55)43-27(17-23-11-13-24(49)14-12-23)38(58)46(8)19-29(50)41-25/h11-14,20-22,25-28,31-32,48-49H,9-10,15-19H2,1-8H3,(H,40,56)(H,41,50)(H,42,53)(H,43,55)(H,44,54)(H,45,57)(H,51,52)/t21-,22+,25-,26-,27-,28-,31-,32-/m0/s1. The summed E-state index contributed by atoms with van der Waals surface area (Å²) >= 11 is 0. The van der Waals surface area contributed by atoms with E-state index in [2.05, 4.69) is 31.9 Å². The van der Waals surface area contributed by atoms with E-state index in [0.29, 0.717) is 12.0 Å². The summed E-state index contributed by atoms with van der Waals surface area (Å²) in [7, 11) is 1.34. The lowest BCUT2D eigenvalue weighted by molar-refractivity contribution is -0.142. The number of rotatable bonds is 8. The maximum atomic E-state index is 14.2. The van der Waals surface area contributed by atoms with Crippen LogP contribution in [-0.2, 0) is 44.8 Å². The van der Waals surface area contributed by atoms with E-state index in [4.69, 9.17) is 0 Å². The van der Waals surface area contributed by atoms with E-state index in [1.165, 1.54) is 33.0 Å². The predicted octanol–water partition coefficient (Wildman–Crippen LogP) is -1.50. The van der Waals surface area contributed by atoms with Gasteiger partial charge in [-0.2, -0.15) is 0 Å². The van der Waals surface area contributed by atoms with Crippen LogP contribution in [-0.4, -0.2) is 147 Å². The van der Waals surface area contributed by atoms with Crippen LogP contribution in [0.1, 0.15) is 79.7 Å². The fourth-order valence-corrected chi connectivity index (χ4v) is 7.06. The highest BCUT2D eigenvalue weighted by molar-refractivity contribution is 5.97. The van der Waals surface area contributed by atoms with E-state index < -0.39 is 114 Å². The number of carbonyl (C=O) groups is 8. The molecule has 2 aliphatic heterocycles. The van der Waals surface area contributed by atoms with Crippen molar-refractivity contribution in [2.45, 2.75) is 135 Å². The zero-order chi connectivity index (χ0) is 43.6. The van der Waals surface area contributed by atoms with E-state index in [1.54, 1.807) is 51.7 Å². The molecule has 9 N–H and O–H groups in total. The van der Waals surface area contributed by atoms with Crippen LogP contribution in [0, 0.1) is 5.92 Å². The van der Waals surface area contributed by atoms with Crippen LogP contribution in [0.3, 0.4) is 0 Å². The number of aliphatic carboxylic acids is 1. The van der Waals surface area contributed by atoms with E-state index in [-0.39, 0.29) is 37.5 Å². The lowest BCUT2D eigenvalue weighted by Gasteiger charge is -2.38. The molecular weight excluding hydrogens is 756 g/mol. The Morgan fingerprint density at radius 2 is 1.47 bits per heavy atom. The Morgan fingerprint density at radius 3 is 2.03 bits per heavy atom. The summed E-state index contributed by atoms with van der Waals surface area (Å²) in [6, 6.07) is -3.17. The number of aliphatic hydroxyl groups excluding tert-OH is 1. The molecule has 2 fully saturated rings. The molecular formula is C39H60N8O11. The Bertz CT molecular complexity index is 1680. The highest BCUT2D eigenvalue weighted by Gasteiger charge is 2.44. The average molecular weight is 817 g/mol. The maximum absolute atomic E-state index is 14.2. The van der Waals surface area contributed by atoms with Gasteiger partial charge in [0.2, 0.25) is 41.4 Å². The summed E-state index contributed by atoms with van der Waals surface area (Å²) in [5.41, 5.74) is -0.172. The summed E-state index contributed by atoms with van der Waals surface area (Å²) in [5.74, 6) is -7.23. The van der Waals surface area contributed by atoms with Gasteiger partial charge in [-0.25, -0.2) is 0 Å². The zero-order valence-corrected chi connectivity index (χ0v) is 34.5. The molecule has 1 aromatic rings. The molecule has 58 heavy (non-hydrogen) atoms. The number of nitrogens with one attached hydrogen (secondary N) is 6. The summed E-state index contributed by atoms with van der Waals surface area (Å²) in [4.78, 5) is 111. The normalized spacial score (nSPS) is 26.9. The van der Waals surface area contributed by atoms with Crippen LogP contribution >= 0.6 is 0 Å². The smallest absolute Gasteiger partial charge is 0.305 e. The predicted molar refractivity (Wildman–Crippen MR) is 210 cm³/mol. The highest BCUT2D eigenvalue weighted by Crippen LogP contribution is 2.24. The minimum Gasteiger partial charge on any atom is -0.508 e.